The smallest absolute Gasteiger partial charge is 0.246 e. The summed E-state index contributed by atoms with van der Waals surface area (Å²) in [6.07, 6.45) is 6.80. The number of halogens is 2. The highest BCUT2D eigenvalue weighted by molar-refractivity contribution is 6.41. The van der Waals surface area contributed by atoms with Crippen molar-refractivity contribution in [3.8, 4) is 11.5 Å². The first-order valence-electron chi connectivity index (χ1n) is 14.3. The summed E-state index contributed by atoms with van der Waals surface area (Å²) in [4.78, 5) is 30.4. The van der Waals surface area contributed by atoms with Crippen LogP contribution >= 0.6 is 23.2 Å². The molecule has 0 atom stereocenters. The fraction of sp³-hybridized carbons (Fsp3) is 0.400. The maximum absolute atomic E-state index is 11.9. The summed E-state index contributed by atoms with van der Waals surface area (Å²) in [5.74, 6) is 1.31. The Morgan fingerprint density at radius 1 is 1.05 bits per heavy atom. The van der Waals surface area contributed by atoms with Crippen LogP contribution in [0.3, 0.4) is 0 Å². The van der Waals surface area contributed by atoms with Crippen LogP contribution < -0.4 is 20.1 Å². The number of hydrogen-bond donors (Lipinski definition) is 2. The van der Waals surface area contributed by atoms with E-state index in [0.717, 1.165) is 43.6 Å². The van der Waals surface area contributed by atoms with E-state index in [9.17, 15) is 4.79 Å². The summed E-state index contributed by atoms with van der Waals surface area (Å²) in [7, 11) is 4.71. The molecule has 4 aromatic rings. The van der Waals surface area contributed by atoms with Crippen LogP contribution in [0.2, 0.25) is 10.0 Å². The number of nitrogens with one attached hydrogen (secondary N) is 2. The third-order valence-electron chi connectivity index (χ3n) is 7.51. The van der Waals surface area contributed by atoms with Crippen molar-refractivity contribution >= 4 is 63.1 Å². The normalized spacial score (nSPS) is 13.8. The Hall–Kier alpha value is -3.84. The van der Waals surface area contributed by atoms with Crippen LogP contribution in [0.1, 0.15) is 12.1 Å². The quantitative estimate of drug-likeness (QED) is 0.157. The van der Waals surface area contributed by atoms with Gasteiger partial charge in [-0.2, -0.15) is 4.98 Å². The van der Waals surface area contributed by atoms with Gasteiger partial charge in [0.15, 0.2) is 11.3 Å². The Labute approximate surface area is 265 Å². The second-order valence-corrected chi connectivity index (χ2v) is 11.0. The predicted molar refractivity (Wildman–Crippen MR) is 173 cm³/mol. The van der Waals surface area contributed by atoms with Gasteiger partial charge in [-0.25, -0.2) is 9.97 Å². The molecule has 0 radical (unpaired) electrons. The molecule has 1 saturated heterocycles. The highest BCUT2D eigenvalue weighted by Crippen LogP contribution is 2.45. The van der Waals surface area contributed by atoms with Crippen molar-refractivity contribution in [2.24, 2.45) is 0 Å². The molecule has 12 nitrogen and oxygen atoms in total. The van der Waals surface area contributed by atoms with Gasteiger partial charge in [0, 0.05) is 63.7 Å². The SMILES string of the molecule is C=CC(=O)N1CCN(CCCc2cn3c(n2)c(Nc2c(Cl)c(OC)cc(OC)c2Cl)cc2cnc(NCCOC)nc23)CC1. The highest BCUT2D eigenvalue weighted by atomic mass is 35.5. The molecule has 2 N–H and O–H groups in total. The zero-order chi connectivity index (χ0) is 31.2. The Morgan fingerprint density at radius 3 is 2.43 bits per heavy atom. The minimum absolute atomic E-state index is 0.0122. The summed E-state index contributed by atoms with van der Waals surface area (Å²) in [6, 6.07) is 3.56. The van der Waals surface area contributed by atoms with Crippen molar-refractivity contribution in [1.82, 2.24) is 29.2 Å². The molecule has 0 bridgehead atoms. The third kappa shape index (κ3) is 6.78. The first kappa shape index (κ1) is 31.6. The van der Waals surface area contributed by atoms with Crippen molar-refractivity contribution in [2.75, 3.05) is 77.8 Å². The van der Waals surface area contributed by atoms with Crippen molar-refractivity contribution in [2.45, 2.75) is 12.8 Å². The van der Waals surface area contributed by atoms with Crippen LogP contribution in [0.25, 0.3) is 16.7 Å². The molecule has 0 unspecified atom stereocenters. The molecule has 0 saturated carbocycles. The number of carbonyl (C=O) groups is 1. The van der Waals surface area contributed by atoms with Crippen LogP contribution in [0, 0.1) is 0 Å². The van der Waals surface area contributed by atoms with Crippen LogP contribution in [0.15, 0.2) is 37.2 Å². The molecule has 3 aromatic heterocycles. The second-order valence-electron chi connectivity index (χ2n) is 10.3. The lowest BCUT2D eigenvalue weighted by atomic mass is 10.2. The number of imidazole rings is 1. The van der Waals surface area contributed by atoms with Gasteiger partial charge < -0.3 is 29.7 Å². The monoisotopic (exact) mass is 642 g/mol. The fourth-order valence-electron chi connectivity index (χ4n) is 5.17. The van der Waals surface area contributed by atoms with Gasteiger partial charge >= 0.3 is 0 Å². The molecule has 234 valence electrons. The summed E-state index contributed by atoms with van der Waals surface area (Å²) in [5, 5.41) is 7.98. The maximum Gasteiger partial charge on any atom is 0.246 e. The standard InChI is InChI=1S/C30H36Cl2N8O4/c1-5-24(41)39-12-10-38(11-13-39)9-6-7-20-18-40-28-19(17-34-30(37-28)33-8-14-42-2)15-21(29(40)35-20)36-27-25(31)22(43-3)16-23(44-4)26(27)32/h5,15-18,36H,1,6-14H2,2-4H3,(H,33,34,37). The van der Waals surface area contributed by atoms with Crippen LogP contribution in [0.4, 0.5) is 17.3 Å². The zero-order valence-corrected chi connectivity index (χ0v) is 26.5. The molecule has 1 fully saturated rings. The Balaban J connectivity index is 1.45. The number of nitrogens with zero attached hydrogens (tertiary/aromatic N) is 6. The number of aromatic nitrogens is 4. The van der Waals surface area contributed by atoms with Gasteiger partial charge in [-0.15, -0.1) is 0 Å². The number of fused-ring (bicyclic) bond motifs is 3. The Bertz CT molecular complexity index is 1630. The van der Waals surface area contributed by atoms with E-state index in [2.05, 4.69) is 27.1 Å². The lowest BCUT2D eigenvalue weighted by Crippen LogP contribution is -2.48. The van der Waals surface area contributed by atoms with E-state index < -0.39 is 0 Å². The Morgan fingerprint density at radius 2 is 1.77 bits per heavy atom. The van der Waals surface area contributed by atoms with Crippen LogP contribution in [-0.4, -0.2) is 102 Å². The maximum atomic E-state index is 11.9. The van der Waals surface area contributed by atoms with Gasteiger partial charge in [0.05, 0.1) is 37.9 Å². The number of piperazine rings is 1. The number of pyridine rings is 1. The first-order valence-corrected chi connectivity index (χ1v) is 15.0. The minimum Gasteiger partial charge on any atom is -0.495 e. The molecule has 14 heteroatoms. The largest absolute Gasteiger partial charge is 0.495 e. The summed E-state index contributed by atoms with van der Waals surface area (Å²) in [5.41, 5.74) is 3.36. The van der Waals surface area contributed by atoms with E-state index in [-0.39, 0.29) is 5.91 Å². The van der Waals surface area contributed by atoms with E-state index in [0.29, 0.717) is 76.4 Å². The molecule has 44 heavy (non-hydrogen) atoms. The number of rotatable bonds is 13. The summed E-state index contributed by atoms with van der Waals surface area (Å²) in [6.45, 7) is 8.69. The topological polar surface area (TPSA) is 118 Å². The lowest BCUT2D eigenvalue weighted by Gasteiger charge is -2.34. The molecular weight excluding hydrogens is 607 g/mol. The van der Waals surface area contributed by atoms with Gasteiger partial charge in [-0.3, -0.25) is 14.1 Å². The lowest BCUT2D eigenvalue weighted by molar-refractivity contribution is -0.127. The number of amides is 1. The molecule has 1 amide bonds. The van der Waals surface area contributed by atoms with Gasteiger partial charge in [0.1, 0.15) is 21.5 Å². The molecule has 1 aliphatic heterocycles. The summed E-state index contributed by atoms with van der Waals surface area (Å²) >= 11 is 13.4. The van der Waals surface area contributed by atoms with Crippen molar-refractivity contribution in [3.63, 3.8) is 0 Å². The van der Waals surface area contributed by atoms with Crippen LogP contribution in [0.5, 0.6) is 11.5 Å². The van der Waals surface area contributed by atoms with E-state index in [1.54, 1.807) is 19.4 Å². The van der Waals surface area contributed by atoms with E-state index in [4.69, 9.17) is 47.4 Å². The van der Waals surface area contributed by atoms with E-state index in [1.807, 2.05) is 21.6 Å². The predicted octanol–water partition coefficient (Wildman–Crippen LogP) is 4.67. The molecule has 5 rings (SSSR count). The molecule has 0 aliphatic carbocycles. The fourth-order valence-corrected chi connectivity index (χ4v) is 5.77. The van der Waals surface area contributed by atoms with Crippen molar-refractivity contribution < 1.29 is 19.0 Å². The van der Waals surface area contributed by atoms with Gasteiger partial charge in [0.25, 0.3) is 0 Å². The minimum atomic E-state index is -0.0122. The highest BCUT2D eigenvalue weighted by Gasteiger charge is 2.21. The molecule has 1 aromatic carbocycles. The van der Waals surface area contributed by atoms with E-state index >= 15 is 0 Å². The number of carbonyl (C=O) groups excluding carboxylic acids is 1. The third-order valence-corrected chi connectivity index (χ3v) is 8.26. The Kier molecular flexibility index (Phi) is 10.3. The first-order chi connectivity index (χ1) is 21.4. The molecular formula is C30H36Cl2N8O4. The van der Waals surface area contributed by atoms with E-state index in [1.165, 1.54) is 20.3 Å². The number of ether oxygens (including phenoxy) is 3. The van der Waals surface area contributed by atoms with Crippen molar-refractivity contribution in [3.05, 3.63) is 52.9 Å². The van der Waals surface area contributed by atoms with Crippen molar-refractivity contribution in [1.29, 1.82) is 0 Å². The molecule has 0 spiro atoms. The number of hydrogen-bond acceptors (Lipinski definition) is 10. The zero-order valence-electron chi connectivity index (χ0n) is 25.0. The van der Waals surface area contributed by atoms with Gasteiger partial charge in [-0.05, 0) is 31.5 Å². The summed E-state index contributed by atoms with van der Waals surface area (Å²) < 4.78 is 18.0. The number of benzene rings is 1. The number of methoxy groups -OCH3 is 3. The van der Waals surface area contributed by atoms with Gasteiger partial charge in [-0.1, -0.05) is 29.8 Å². The molecule has 4 heterocycles. The van der Waals surface area contributed by atoms with Crippen LogP contribution in [-0.2, 0) is 16.0 Å². The average molecular weight is 644 g/mol. The average Bonchev–Trinajstić information content (AvgIpc) is 3.48. The number of aryl methyl sites for hydroxylation is 1. The molecule has 1 aliphatic rings. The second kappa shape index (κ2) is 14.3. The number of anilines is 3. The van der Waals surface area contributed by atoms with Gasteiger partial charge in [0.2, 0.25) is 11.9 Å².